The average Bonchev–Trinajstić information content (AvgIpc) is 4.18. The van der Waals surface area contributed by atoms with Crippen LogP contribution in [0.2, 0.25) is 13.1 Å². The summed E-state index contributed by atoms with van der Waals surface area (Å²) in [6.45, 7) is 8.80. The van der Waals surface area contributed by atoms with Gasteiger partial charge in [0.1, 0.15) is 0 Å². The minimum atomic E-state index is -1.65. The summed E-state index contributed by atoms with van der Waals surface area (Å²) in [7, 11) is 11.2. The van der Waals surface area contributed by atoms with E-state index in [1.807, 2.05) is 12.5 Å². The van der Waals surface area contributed by atoms with Crippen LogP contribution >= 0.6 is 17.0 Å². The Hall–Kier alpha value is -5.74. The van der Waals surface area contributed by atoms with Gasteiger partial charge in [0, 0.05) is 10.8 Å². The van der Waals surface area contributed by atoms with Crippen molar-refractivity contribution in [3.05, 3.63) is 206 Å². The van der Waals surface area contributed by atoms with Gasteiger partial charge in [0.05, 0.1) is 24.0 Å². The van der Waals surface area contributed by atoms with Gasteiger partial charge in [-0.15, -0.1) is 57.9 Å². The fourth-order valence-electron chi connectivity index (χ4n) is 9.31. The number of halogens is 2. The first-order valence-corrected chi connectivity index (χ1v) is 35.1. The van der Waals surface area contributed by atoms with Crippen LogP contribution in [0.4, 0.5) is 0 Å². The van der Waals surface area contributed by atoms with E-state index in [1.54, 1.807) is 0 Å². The van der Waals surface area contributed by atoms with Crippen molar-refractivity contribution < 1.29 is 26.8 Å². The second-order valence-corrected chi connectivity index (χ2v) is 40.1. The van der Waals surface area contributed by atoms with Crippen LogP contribution < -0.4 is 0 Å². The normalized spacial score (nSPS) is 11.3. The van der Waals surface area contributed by atoms with Gasteiger partial charge in [-0.2, -0.15) is 0 Å². The number of aryl methyl sites for hydroxylation is 2. The topological polar surface area (TPSA) is 26.3 Å². The minimum absolute atomic E-state index is 0.224. The van der Waals surface area contributed by atoms with E-state index in [9.17, 15) is 0 Å². The number of hydrogen-bond donors (Lipinski definition) is 0. The molecule has 2 aromatic heterocycles. The van der Waals surface area contributed by atoms with Gasteiger partial charge in [0.15, 0.2) is 0 Å². The molecule has 0 atom stereocenters. The Balaban J connectivity index is 0.000000138. The molecule has 0 amide bonds. The Morgan fingerprint density at radius 1 is 0.439 bits per heavy atom. The zero-order chi connectivity index (χ0) is 45.3. The average molecular weight is 991 g/mol. The van der Waals surface area contributed by atoms with Crippen LogP contribution in [0.3, 0.4) is 0 Å². The first-order valence-electron chi connectivity index (χ1n) is 22.6. The Morgan fingerprint density at radius 2 is 0.818 bits per heavy atom. The first kappa shape index (κ1) is 44.1. The molecule has 0 aliphatic carbocycles. The second-order valence-electron chi connectivity index (χ2n) is 17.1. The molecule has 0 N–H and O–H groups in total. The summed E-state index contributed by atoms with van der Waals surface area (Å²) in [5.74, 6) is 1.90. The van der Waals surface area contributed by atoms with E-state index in [-0.39, 0.29) is 5.43 Å². The maximum atomic E-state index is 5.99. The van der Waals surface area contributed by atoms with Gasteiger partial charge in [-0.25, -0.2) is 0 Å². The van der Waals surface area contributed by atoms with Gasteiger partial charge in [-0.1, -0.05) is 170 Å². The Bertz CT molecular complexity index is 3500. The van der Waals surface area contributed by atoms with Gasteiger partial charge in [-0.05, 0) is 79.5 Å². The number of hydrogen-bond acceptors (Lipinski definition) is 2. The second kappa shape index (κ2) is 19.2. The Kier molecular flexibility index (Phi) is 12.9. The number of fused-ring (bicyclic) bond motifs is 6. The van der Waals surface area contributed by atoms with E-state index in [0.29, 0.717) is 0 Å². The molecule has 10 aromatic carbocycles. The molecule has 12 aromatic rings. The third-order valence-electron chi connectivity index (χ3n) is 12.7. The zero-order valence-electron chi connectivity index (χ0n) is 37.5. The molecule has 0 saturated heterocycles. The van der Waals surface area contributed by atoms with Crippen LogP contribution in [0, 0.1) is 0 Å². The predicted octanol–water partition coefficient (Wildman–Crippen LogP) is 18.9. The molecular weight excluding hydrogens is 943 g/mol. The quantitative estimate of drug-likeness (QED) is 0.123. The molecule has 2 heterocycles. The molecule has 0 aliphatic heterocycles. The molecule has 0 radical (unpaired) electrons. The standard InChI is InChI=1S/2C29H21O.C2H6Si.2ClH.Zr/c2*1-2-19-11-13-22-16-25(29-26-10-6-5-9-24(26)18-30-29)17-27(22)28(19)23-14-12-20-7-3-4-8-21(20)15-23;1-3-2;;;/h2*3-18H,2H2,1H3;1-2H3;2*1H;/q2*-1;;;;+2/p-2. The fraction of sp³-hybridized carbons (Fsp3) is 0.100. The molecule has 0 bridgehead atoms. The third-order valence-corrected chi connectivity index (χ3v) is 32.5. The molecule has 12 rings (SSSR count). The van der Waals surface area contributed by atoms with E-state index in [0.717, 1.165) is 57.0 Å². The zero-order valence-corrected chi connectivity index (χ0v) is 42.4. The summed E-state index contributed by atoms with van der Waals surface area (Å²) in [6.07, 6.45) is 5.71. The molecule has 6 heteroatoms. The molecule has 0 unspecified atom stereocenters. The third kappa shape index (κ3) is 8.69. The van der Waals surface area contributed by atoms with Gasteiger partial charge in [0.2, 0.25) is 0 Å². The number of rotatable bonds is 6. The van der Waals surface area contributed by atoms with E-state index >= 15 is 0 Å². The van der Waals surface area contributed by atoms with Crippen molar-refractivity contribution in [2.45, 2.75) is 39.8 Å². The molecule has 0 spiro atoms. The summed E-state index contributed by atoms with van der Waals surface area (Å²) in [6, 6.07) is 65.6. The van der Waals surface area contributed by atoms with E-state index in [2.05, 4.69) is 209 Å². The van der Waals surface area contributed by atoms with E-state index < -0.39 is 18.0 Å². The molecule has 324 valence electrons. The van der Waals surface area contributed by atoms with Crippen molar-refractivity contribution in [1.29, 1.82) is 0 Å². The molecule has 66 heavy (non-hydrogen) atoms. The molecular formula is C60H48Cl2O2SiZr-2. The summed E-state index contributed by atoms with van der Waals surface area (Å²) < 4.78 is 12.0. The van der Waals surface area contributed by atoms with Crippen molar-refractivity contribution in [2.75, 3.05) is 0 Å². The molecule has 0 fully saturated rings. The summed E-state index contributed by atoms with van der Waals surface area (Å²) in [5, 5.41) is 14.8. The summed E-state index contributed by atoms with van der Waals surface area (Å²) in [5.41, 5.74) is 10.0. The van der Waals surface area contributed by atoms with Crippen LogP contribution in [0.25, 0.3) is 110 Å². The van der Waals surface area contributed by atoms with Crippen molar-refractivity contribution in [1.82, 2.24) is 0 Å². The SMILES string of the molecule is CCc1ccc2[cH-]c(-c3occ4ccccc34)cc2c1-c1ccc2ccccc2c1.CCc1ccc2[cH-]c(-c3occ4ccccc34)cc2c1-c1ccc2ccccc2c1.C[Si](C)=[Zr]([Cl])[Cl]. The predicted molar refractivity (Wildman–Crippen MR) is 283 cm³/mol. The van der Waals surface area contributed by atoms with E-state index in [1.165, 1.54) is 76.5 Å². The Labute approximate surface area is 401 Å². The fourth-order valence-corrected chi connectivity index (χ4v) is 9.31. The Morgan fingerprint density at radius 3 is 1.21 bits per heavy atom. The maximum absolute atomic E-state index is 5.99. The first-order chi connectivity index (χ1) is 32.3. The van der Waals surface area contributed by atoms with Crippen LogP contribution in [0.15, 0.2) is 203 Å². The van der Waals surface area contributed by atoms with Crippen molar-refractivity contribution >= 4 is 87.1 Å². The van der Waals surface area contributed by atoms with Crippen molar-refractivity contribution in [3.63, 3.8) is 0 Å². The summed E-state index contributed by atoms with van der Waals surface area (Å²) >= 11 is -1.65. The van der Waals surface area contributed by atoms with Gasteiger partial charge < -0.3 is 8.83 Å². The van der Waals surface area contributed by atoms with Crippen LogP contribution in [0.5, 0.6) is 0 Å². The monoisotopic (exact) mass is 988 g/mol. The molecule has 0 aliphatic rings. The van der Waals surface area contributed by atoms with Gasteiger partial charge in [0.25, 0.3) is 0 Å². The summed E-state index contributed by atoms with van der Waals surface area (Å²) in [4.78, 5) is 0. The van der Waals surface area contributed by atoms with Gasteiger partial charge in [-0.3, -0.25) is 0 Å². The van der Waals surface area contributed by atoms with Crippen LogP contribution in [-0.4, -0.2) is 5.43 Å². The van der Waals surface area contributed by atoms with Crippen LogP contribution in [-0.2, 0) is 30.8 Å². The van der Waals surface area contributed by atoms with Crippen LogP contribution in [0.1, 0.15) is 25.0 Å². The van der Waals surface area contributed by atoms with Crippen molar-refractivity contribution in [3.8, 4) is 44.9 Å². The molecule has 2 nitrogen and oxygen atoms in total. The number of furan rings is 2. The van der Waals surface area contributed by atoms with E-state index in [4.69, 9.17) is 25.9 Å². The molecule has 0 saturated carbocycles. The number of benzene rings is 8. The van der Waals surface area contributed by atoms with Gasteiger partial charge >= 0.3 is 53.5 Å². The van der Waals surface area contributed by atoms with Crippen molar-refractivity contribution in [2.24, 2.45) is 0 Å².